The molecule has 1 aliphatic rings. The van der Waals surface area contributed by atoms with Gasteiger partial charge in [0, 0.05) is 17.9 Å². The van der Waals surface area contributed by atoms with Crippen LogP contribution in [0.4, 0.5) is 11.4 Å². The summed E-state index contributed by atoms with van der Waals surface area (Å²) in [6.45, 7) is 0.503. The van der Waals surface area contributed by atoms with E-state index in [9.17, 15) is 4.79 Å². The Labute approximate surface area is 118 Å². The summed E-state index contributed by atoms with van der Waals surface area (Å²) in [5.41, 5.74) is 4.85. The van der Waals surface area contributed by atoms with Gasteiger partial charge in [-0.1, -0.05) is 36.4 Å². The third-order valence-electron chi connectivity index (χ3n) is 3.78. The van der Waals surface area contributed by atoms with Crippen LogP contribution in [0.1, 0.15) is 17.5 Å². The van der Waals surface area contributed by atoms with Crippen molar-refractivity contribution < 1.29 is 9.90 Å². The monoisotopic (exact) mass is 267 g/mol. The number of hydrogen-bond acceptors (Lipinski definition) is 2. The van der Waals surface area contributed by atoms with Crippen LogP contribution in [0.25, 0.3) is 0 Å². The highest BCUT2D eigenvalue weighted by Crippen LogP contribution is 2.35. The molecule has 1 heterocycles. The lowest BCUT2D eigenvalue weighted by Crippen LogP contribution is -2.21. The van der Waals surface area contributed by atoms with Gasteiger partial charge in [0.1, 0.15) is 0 Å². The van der Waals surface area contributed by atoms with Crippen molar-refractivity contribution in [3.05, 3.63) is 59.7 Å². The molecule has 0 aliphatic carbocycles. The molecule has 1 aliphatic heterocycles. The van der Waals surface area contributed by atoms with E-state index >= 15 is 0 Å². The van der Waals surface area contributed by atoms with Gasteiger partial charge in [-0.05, 0) is 36.1 Å². The molecule has 0 aromatic heterocycles. The van der Waals surface area contributed by atoms with Crippen LogP contribution >= 0.6 is 0 Å². The van der Waals surface area contributed by atoms with E-state index in [2.05, 4.69) is 29.2 Å². The molecule has 0 bridgehead atoms. The fourth-order valence-electron chi connectivity index (χ4n) is 2.82. The van der Waals surface area contributed by atoms with E-state index in [0.29, 0.717) is 6.54 Å². The molecule has 2 aromatic carbocycles. The lowest BCUT2D eigenvalue weighted by molar-refractivity contribution is -0.136. The average molecular weight is 267 g/mol. The second kappa shape index (κ2) is 5.37. The first-order valence-corrected chi connectivity index (χ1v) is 6.91. The number of para-hydroxylation sites is 2. The number of aliphatic carboxylic acids is 1. The van der Waals surface area contributed by atoms with E-state index in [1.54, 1.807) is 0 Å². The number of anilines is 2. The number of fused-ring (bicyclic) bond motifs is 2. The van der Waals surface area contributed by atoms with E-state index in [1.807, 2.05) is 24.3 Å². The third kappa shape index (κ3) is 2.39. The van der Waals surface area contributed by atoms with Crippen LogP contribution in [0.15, 0.2) is 48.5 Å². The molecular weight excluding hydrogens is 250 g/mol. The highest BCUT2D eigenvalue weighted by Gasteiger charge is 2.20. The molecule has 0 radical (unpaired) electrons. The Kier molecular flexibility index (Phi) is 3.42. The quantitative estimate of drug-likeness (QED) is 0.926. The molecule has 0 amide bonds. The normalized spacial score (nSPS) is 13.3. The Morgan fingerprint density at radius 2 is 1.45 bits per heavy atom. The van der Waals surface area contributed by atoms with Crippen molar-refractivity contribution >= 4 is 17.3 Å². The zero-order chi connectivity index (χ0) is 13.9. The molecule has 20 heavy (non-hydrogen) atoms. The number of benzene rings is 2. The van der Waals surface area contributed by atoms with Gasteiger partial charge in [0.05, 0.1) is 6.42 Å². The Balaban J connectivity index is 2.06. The van der Waals surface area contributed by atoms with Crippen molar-refractivity contribution in [1.29, 1.82) is 0 Å². The Morgan fingerprint density at radius 3 is 1.95 bits per heavy atom. The van der Waals surface area contributed by atoms with Crippen LogP contribution in [-0.2, 0) is 17.6 Å². The van der Waals surface area contributed by atoms with Gasteiger partial charge < -0.3 is 10.0 Å². The van der Waals surface area contributed by atoms with Crippen LogP contribution in [0.5, 0.6) is 0 Å². The van der Waals surface area contributed by atoms with Crippen molar-refractivity contribution in [2.75, 3.05) is 11.4 Å². The highest BCUT2D eigenvalue weighted by atomic mass is 16.4. The van der Waals surface area contributed by atoms with Crippen molar-refractivity contribution in [1.82, 2.24) is 0 Å². The van der Waals surface area contributed by atoms with Gasteiger partial charge in [0.15, 0.2) is 0 Å². The molecule has 1 N–H and O–H groups in total. The van der Waals surface area contributed by atoms with Gasteiger partial charge in [-0.15, -0.1) is 0 Å². The number of hydrogen-bond donors (Lipinski definition) is 1. The van der Waals surface area contributed by atoms with Gasteiger partial charge in [-0.25, -0.2) is 0 Å². The Morgan fingerprint density at radius 1 is 0.950 bits per heavy atom. The lowest BCUT2D eigenvalue weighted by Gasteiger charge is -2.26. The van der Waals surface area contributed by atoms with E-state index in [0.717, 1.165) is 24.2 Å². The SMILES string of the molecule is O=C(O)CCN1c2ccccc2CCc2ccccc21. The summed E-state index contributed by atoms with van der Waals surface area (Å²) in [6, 6.07) is 16.6. The van der Waals surface area contributed by atoms with Crippen molar-refractivity contribution in [3.63, 3.8) is 0 Å². The van der Waals surface area contributed by atoms with Crippen molar-refractivity contribution in [2.45, 2.75) is 19.3 Å². The van der Waals surface area contributed by atoms with Crippen LogP contribution in [0.2, 0.25) is 0 Å². The number of aryl methyl sites for hydroxylation is 2. The van der Waals surface area contributed by atoms with Crippen molar-refractivity contribution in [3.8, 4) is 0 Å². The minimum absolute atomic E-state index is 0.142. The van der Waals surface area contributed by atoms with Crippen LogP contribution in [0.3, 0.4) is 0 Å². The number of carboxylic acid groups (broad SMARTS) is 1. The molecule has 3 heteroatoms. The summed E-state index contributed by atoms with van der Waals surface area (Å²) in [5, 5.41) is 8.98. The van der Waals surface area contributed by atoms with Gasteiger partial charge in [-0.3, -0.25) is 4.79 Å². The summed E-state index contributed by atoms with van der Waals surface area (Å²) < 4.78 is 0. The second-order valence-corrected chi connectivity index (χ2v) is 5.05. The summed E-state index contributed by atoms with van der Waals surface area (Å²) >= 11 is 0. The predicted molar refractivity (Wildman–Crippen MR) is 79.6 cm³/mol. The molecule has 102 valence electrons. The first-order valence-electron chi connectivity index (χ1n) is 6.91. The molecule has 0 saturated carbocycles. The maximum absolute atomic E-state index is 10.9. The smallest absolute Gasteiger partial charge is 0.305 e. The molecule has 0 unspecified atom stereocenters. The number of carbonyl (C=O) groups is 1. The summed E-state index contributed by atoms with van der Waals surface area (Å²) in [4.78, 5) is 13.1. The number of carboxylic acids is 1. The summed E-state index contributed by atoms with van der Waals surface area (Å²) in [7, 11) is 0. The van der Waals surface area contributed by atoms with Crippen LogP contribution < -0.4 is 4.90 Å². The van der Waals surface area contributed by atoms with Gasteiger partial charge in [0.25, 0.3) is 0 Å². The summed E-state index contributed by atoms with van der Waals surface area (Å²) in [6.07, 6.45) is 2.14. The Hall–Kier alpha value is -2.29. The molecule has 2 aromatic rings. The highest BCUT2D eigenvalue weighted by molar-refractivity contribution is 5.73. The second-order valence-electron chi connectivity index (χ2n) is 5.05. The third-order valence-corrected chi connectivity index (χ3v) is 3.78. The zero-order valence-corrected chi connectivity index (χ0v) is 11.2. The van der Waals surface area contributed by atoms with Crippen molar-refractivity contribution in [2.24, 2.45) is 0 Å². The van der Waals surface area contributed by atoms with E-state index in [-0.39, 0.29) is 6.42 Å². The molecular formula is C17H17NO2. The molecule has 0 saturated heterocycles. The number of nitrogens with zero attached hydrogens (tertiary/aromatic N) is 1. The standard InChI is InChI=1S/C17H17NO2/c19-17(20)11-12-18-15-7-3-1-5-13(15)9-10-14-6-2-4-8-16(14)18/h1-8H,9-12H2,(H,19,20). The fourth-order valence-corrected chi connectivity index (χ4v) is 2.82. The predicted octanol–water partition coefficient (Wildman–Crippen LogP) is 3.40. The lowest BCUT2D eigenvalue weighted by atomic mass is 10.0. The maximum Gasteiger partial charge on any atom is 0.305 e. The average Bonchev–Trinajstić information content (AvgIpc) is 2.62. The molecule has 0 atom stereocenters. The van der Waals surface area contributed by atoms with Gasteiger partial charge in [0.2, 0.25) is 0 Å². The molecule has 3 rings (SSSR count). The zero-order valence-electron chi connectivity index (χ0n) is 11.2. The van der Waals surface area contributed by atoms with E-state index < -0.39 is 5.97 Å². The largest absolute Gasteiger partial charge is 0.481 e. The minimum Gasteiger partial charge on any atom is -0.481 e. The van der Waals surface area contributed by atoms with Gasteiger partial charge in [-0.2, -0.15) is 0 Å². The maximum atomic E-state index is 10.9. The molecule has 0 spiro atoms. The topological polar surface area (TPSA) is 40.5 Å². The fraction of sp³-hybridized carbons (Fsp3) is 0.235. The van der Waals surface area contributed by atoms with Gasteiger partial charge >= 0.3 is 5.97 Å². The first kappa shape index (κ1) is 12.7. The van der Waals surface area contributed by atoms with Crippen LogP contribution in [-0.4, -0.2) is 17.6 Å². The van der Waals surface area contributed by atoms with Crippen LogP contribution in [0, 0.1) is 0 Å². The molecule has 0 fully saturated rings. The first-order chi connectivity index (χ1) is 9.75. The van der Waals surface area contributed by atoms with E-state index in [4.69, 9.17) is 5.11 Å². The minimum atomic E-state index is -0.760. The van der Waals surface area contributed by atoms with E-state index in [1.165, 1.54) is 11.1 Å². The number of rotatable bonds is 3. The summed E-state index contributed by atoms with van der Waals surface area (Å²) in [5.74, 6) is -0.760. The Bertz CT molecular complexity index is 589. The molecule has 3 nitrogen and oxygen atoms in total.